The van der Waals surface area contributed by atoms with Crippen LogP contribution in [0.1, 0.15) is 11.7 Å². The first-order valence-corrected chi connectivity index (χ1v) is 11.1. The van der Waals surface area contributed by atoms with Crippen LogP contribution in [0.4, 0.5) is 21.9 Å². The van der Waals surface area contributed by atoms with Gasteiger partial charge in [-0.25, -0.2) is 4.79 Å². The van der Waals surface area contributed by atoms with Crippen LogP contribution in [-0.2, 0) is 9.53 Å². The first-order valence-electron chi connectivity index (χ1n) is 10.7. The molecule has 0 unspecified atom stereocenters. The second-order valence-electron chi connectivity index (χ2n) is 7.60. The second kappa shape index (κ2) is 10.8. The van der Waals surface area contributed by atoms with Crippen molar-refractivity contribution in [2.75, 3.05) is 41.7 Å². The predicted octanol–water partition coefficient (Wildman–Crippen LogP) is 4.68. The highest BCUT2D eigenvalue weighted by atomic mass is 35.5. The van der Waals surface area contributed by atoms with E-state index in [0.717, 1.165) is 31.9 Å². The van der Waals surface area contributed by atoms with Crippen molar-refractivity contribution in [2.45, 2.75) is 6.10 Å². The molecule has 2 amide bonds. The number of nitrogens with zero attached hydrogens (tertiary/aromatic N) is 1. The number of hydrogen-bond acceptors (Lipinski definition) is 5. The Labute approximate surface area is 197 Å². The number of carbonyl (C=O) groups excluding carboxylic acids is 2. The van der Waals surface area contributed by atoms with Gasteiger partial charge >= 0.3 is 6.09 Å². The minimum absolute atomic E-state index is 0.442. The van der Waals surface area contributed by atoms with E-state index in [-0.39, 0.29) is 0 Å². The van der Waals surface area contributed by atoms with Crippen molar-refractivity contribution >= 4 is 40.7 Å². The molecule has 0 saturated carbocycles. The molecule has 1 saturated heterocycles. The van der Waals surface area contributed by atoms with Crippen molar-refractivity contribution in [3.63, 3.8) is 0 Å². The molecule has 33 heavy (non-hydrogen) atoms. The van der Waals surface area contributed by atoms with Crippen LogP contribution in [0.25, 0.3) is 0 Å². The third kappa shape index (κ3) is 6.25. The first kappa shape index (κ1) is 22.6. The third-order valence-electron chi connectivity index (χ3n) is 5.27. The van der Waals surface area contributed by atoms with Crippen LogP contribution < -0.4 is 20.9 Å². The van der Waals surface area contributed by atoms with Gasteiger partial charge in [-0.3, -0.25) is 10.1 Å². The fraction of sp³-hybridized carbons (Fsp3) is 0.200. The molecule has 1 fully saturated rings. The molecule has 7 nitrogen and oxygen atoms in total. The van der Waals surface area contributed by atoms with Gasteiger partial charge in [-0.2, -0.15) is 0 Å². The predicted molar refractivity (Wildman–Crippen MR) is 131 cm³/mol. The van der Waals surface area contributed by atoms with Crippen molar-refractivity contribution in [2.24, 2.45) is 0 Å². The Morgan fingerprint density at radius 1 is 0.848 bits per heavy atom. The smallest absolute Gasteiger partial charge is 0.412 e. The molecule has 0 aromatic heterocycles. The maximum absolute atomic E-state index is 13.1. The first-order chi connectivity index (χ1) is 16.1. The number of benzene rings is 3. The quantitative estimate of drug-likeness (QED) is 0.493. The van der Waals surface area contributed by atoms with Crippen LogP contribution in [0.15, 0.2) is 78.9 Å². The molecule has 170 valence electrons. The number of anilines is 3. The molecule has 0 aliphatic carbocycles. The van der Waals surface area contributed by atoms with Gasteiger partial charge in [0.15, 0.2) is 0 Å². The van der Waals surface area contributed by atoms with Gasteiger partial charge in [-0.1, -0.05) is 41.9 Å². The van der Waals surface area contributed by atoms with E-state index in [4.69, 9.17) is 16.3 Å². The Bertz CT molecular complexity index is 1070. The molecule has 0 spiro atoms. The molecule has 1 aliphatic rings. The minimum Gasteiger partial charge on any atom is -0.431 e. The van der Waals surface area contributed by atoms with E-state index in [9.17, 15) is 9.59 Å². The number of nitrogens with one attached hydrogen (secondary N) is 3. The zero-order valence-corrected chi connectivity index (χ0v) is 18.7. The maximum Gasteiger partial charge on any atom is 0.412 e. The van der Waals surface area contributed by atoms with E-state index < -0.39 is 18.1 Å². The highest BCUT2D eigenvalue weighted by molar-refractivity contribution is 6.30. The number of halogens is 1. The Morgan fingerprint density at radius 2 is 1.45 bits per heavy atom. The molecule has 4 rings (SSSR count). The van der Waals surface area contributed by atoms with E-state index in [1.807, 2.05) is 30.3 Å². The normalized spacial score (nSPS) is 14.3. The molecule has 1 heterocycles. The summed E-state index contributed by atoms with van der Waals surface area (Å²) >= 11 is 5.88. The lowest BCUT2D eigenvalue weighted by atomic mass is 10.1. The van der Waals surface area contributed by atoms with Gasteiger partial charge in [-0.15, -0.1) is 0 Å². The van der Waals surface area contributed by atoms with Crippen LogP contribution >= 0.6 is 11.6 Å². The van der Waals surface area contributed by atoms with Crippen molar-refractivity contribution in [3.05, 3.63) is 89.4 Å². The van der Waals surface area contributed by atoms with Crippen LogP contribution in [0.2, 0.25) is 5.02 Å². The zero-order valence-electron chi connectivity index (χ0n) is 18.0. The summed E-state index contributed by atoms with van der Waals surface area (Å²) in [5.74, 6) is -0.442. The summed E-state index contributed by atoms with van der Waals surface area (Å²) < 4.78 is 5.51. The minimum atomic E-state index is -1.12. The van der Waals surface area contributed by atoms with Crippen LogP contribution in [0, 0.1) is 0 Å². The Balaban J connectivity index is 1.44. The molecule has 3 N–H and O–H groups in total. The van der Waals surface area contributed by atoms with Gasteiger partial charge in [0.2, 0.25) is 6.10 Å². The second-order valence-corrected chi connectivity index (χ2v) is 8.04. The fourth-order valence-electron chi connectivity index (χ4n) is 3.57. The third-order valence-corrected chi connectivity index (χ3v) is 5.52. The largest absolute Gasteiger partial charge is 0.431 e. The van der Waals surface area contributed by atoms with E-state index in [0.29, 0.717) is 22.0 Å². The Hall–Kier alpha value is -3.55. The Morgan fingerprint density at radius 3 is 2.12 bits per heavy atom. The van der Waals surface area contributed by atoms with Crippen molar-refractivity contribution in [1.82, 2.24) is 5.32 Å². The number of ether oxygens (including phenoxy) is 1. The lowest BCUT2D eigenvalue weighted by molar-refractivity contribution is -0.124. The number of piperazine rings is 1. The van der Waals surface area contributed by atoms with E-state index in [2.05, 4.69) is 20.9 Å². The average molecular weight is 465 g/mol. The highest BCUT2D eigenvalue weighted by Crippen LogP contribution is 2.23. The number of rotatable bonds is 6. The van der Waals surface area contributed by atoms with E-state index >= 15 is 0 Å². The summed E-state index contributed by atoms with van der Waals surface area (Å²) in [4.78, 5) is 27.9. The number of hydrogen-bond donors (Lipinski definition) is 3. The summed E-state index contributed by atoms with van der Waals surface area (Å²) in [5.41, 5.74) is 2.81. The summed E-state index contributed by atoms with van der Waals surface area (Å²) in [6.45, 7) is 3.79. The van der Waals surface area contributed by atoms with Crippen molar-refractivity contribution < 1.29 is 14.3 Å². The van der Waals surface area contributed by atoms with Crippen LogP contribution in [0.5, 0.6) is 0 Å². The number of carbonyl (C=O) groups is 2. The van der Waals surface area contributed by atoms with Crippen LogP contribution in [-0.4, -0.2) is 38.2 Å². The fourth-order valence-corrected chi connectivity index (χ4v) is 3.70. The van der Waals surface area contributed by atoms with E-state index in [1.165, 1.54) is 0 Å². The van der Waals surface area contributed by atoms with Crippen molar-refractivity contribution in [1.29, 1.82) is 0 Å². The van der Waals surface area contributed by atoms with Crippen LogP contribution in [0.3, 0.4) is 0 Å². The van der Waals surface area contributed by atoms with Gasteiger partial charge in [0, 0.05) is 53.8 Å². The van der Waals surface area contributed by atoms with E-state index in [1.54, 1.807) is 48.5 Å². The summed E-state index contributed by atoms with van der Waals surface area (Å²) in [6, 6.07) is 23.2. The standard InChI is InChI=1S/C25H25ClN4O3/c26-19-6-8-21(9-7-19)29-25(32)33-23(18-4-2-1-3-5-18)24(31)28-20-10-12-22(13-11-20)30-16-14-27-15-17-30/h1-13,23,27H,14-17H2,(H,28,31)(H,29,32)/t23-/m1/s1. The highest BCUT2D eigenvalue weighted by Gasteiger charge is 2.25. The summed E-state index contributed by atoms with van der Waals surface area (Å²) in [6.07, 6.45) is -1.86. The molecule has 1 atom stereocenters. The lowest BCUT2D eigenvalue weighted by Crippen LogP contribution is -2.43. The number of amides is 2. The van der Waals surface area contributed by atoms with Gasteiger partial charge in [0.05, 0.1) is 0 Å². The molecular formula is C25H25ClN4O3. The molecule has 0 bridgehead atoms. The SMILES string of the molecule is O=C(Nc1ccc(Cl)cc1)O[C@@H](C(=O)Nc1ccc(N2CCNCC2)cc1)c1ccccc1. The maximum atomic E-state index is 13.1. The molecular weight excluding hydrogens is 440 g/mol. The topological polar surface area (TPSA) is 82.7 Å². The van der Waals surface area contributed by atoms with Crippen molar-refractivity contribution in [3.8, 4) is 0 Å². The molecule has 1 aliphatic heterocycles. The summed E-state index contributed by atoms with van der Waals surface area (Å²) in [5, 5.41) is 9.36. The summed E-state index contributed by atoms with van der Waals surface area (Å²) in [7, 11) is 0. The molecule has 8 heteroatoms. The molecule has 0 radical (unpaired) electrons. The van der Waals surface area contributed by atoms with Gasteiger partial charge < -0.3 is 20.3 Å². The monoisotopic (exact) mass is 464 g/mol. The van der Waals surface area contributed by atoms with Gasteiger partial charge in [0.1, 0.15) is 0 Å². The molecule has 3 aromatic carbocycles. The van der Waals surface area contributed by atoms with Gasteiger partial charge in [0.25, 0.3) is 5.91 Å². The molecule has 3 aromatic rings. The Kier molecular flexibility index (Phi) is 7.44. The average Bonchev–Trinajstić information content (AvgIpc) is 2.85. The lowest BCUT2D eigenvalue weighted by Gasteiger charge is -2.29. The zero-order chi connectivity index (χ0) is 23.0. The van der Waals surface area contributed by atoms with Gasteiger partial charge in [-0.05, 0) is 48.5 Å².